The topological polar surface area (TPSA) is 78.4 Å². The van der Waals surface area contributed by atoms with Crippen molar-refractivity contribution in [2.75, 3.05) is 11.9 Å². The second-order valence-electron chi connectivity index (χ2n) is 5.27. The van der Waals surface area contributed by atoms with E-state index in [2.05, 4.69) is 10.6 Å². The van der Waals surface area contributed by atoms with Crippen molar-refractivity contribution < 1.29 is 19.1 Å². The third kappa shape index (κ3) is 5.11. The Morgan fingerprint density at radius 3 is 2.45 bits per heavy atom. The van der Waals surface area contributed by atoms with E-state index in [-0.39, 0.29) is 18.2 Å². The monoisotopic (exact) mass is 310 g/mol. The number of hydrogen-bond acceptors (Lipinski definition) is 3. The number of nitrogens with one attached hydrogen (secondary N) is 2. The molecule has 2 amide bonds. The minimum Gasteiger partial charge on any atom is -0.391 e. The highest BCUT2D eigenvalue weighted by molar-refractivity contribution is 6.39. The molecule has 1 aromatic carbocycles. The first-order chi connectivity index (χ1) is 10.4. The van der Waals surface area contributed by atoms with E-state index in [9.17, 15) is 19.1 Å². The number of halogens is 1. The molecule has 0 saturated heterocycles. The largest absolute Gasteiger partial charge is 0.391 e. The van der Waals surface area contributed by atoms with Gasteiger partial charge >= 0.3 is 11.8 Å². The molecule has 0 aliphatic heterocycles. The molecule has 3 N–H and O–H groups in total. The maximum absolute atomic E-state index is 13.1. The molecular weight excluding hydrogens is 287 g/mol. The molecule has 0 heterocycles. The van der Waals surface area contributed by atoms with Gasteiger partial charge in [-0.2, -0.15) is 0 Å². The Bertz CT molecular complexity index is 530. The predicted octanol–water partition coefficient (Wildman–Crippen LogP) is 1.99. The van der Waals surface area contributed by atoms with Crippen molar-refractivity contribution in [3.05, 3.63) is 29.6 Å². The summed E-state index contributed by atoms with van der Waals surface area (Å²) in [6.45, 7) is 5.63. The summed E-state index contributed by atoms with van der Waals surface area (Å²) < 4.78 is 13.1. The number of amides is 2. The quantitative estimate of drug-likeness (QED) is 0.703. The minimum atomic E-state index is -0.884. The first-order valence-electron chi connectivity index (χ1n) is 7.42. The zero-order valence-corrected chi connectivity index (χ0v) is 13.1. The van der Waals surface area contributed by atoms with Crippen LogP contribution in [0.25, 0.3) is 0 Å². The molecule has 0 aliphatic rings. The fourth-order valence-corrected chi connectivity index (χ4v) is 2.19. The number of carbonyl (C=O) groups excluding carboxylic acids is 2. The Labute approximate surface area is 129 Å². The smallest absolute Gasteiger partial charge is 0.313 e. The number of carbonyl (C=O) groups is 2. The van der Waals surface area contributed by atoms with Crippen molar-refractivity contribution in [1.82, 2.24) is 5.32 Å². The van der Waals surface area contributed by atoms with Gasteiger partial charge in [0.1, 0.15) is 5.82 Å². The molecule has 1 aromatic rings. The van der Waals surface area contributed by atoms with Gasteiger partial charge in [0.25, 0.3) is 0 Å². The highest BCUT2D eigenvalue weighted by Crippen LogP contribution is 2.16. The second-order valence-corrected chi connectivity index (χ2v) is 5.27. The van der Waals surface area contributed by atoms with E-state index in [0.29, 0.717) is 5.56 Å². The Kier molecular flexibility index (Phi) is 6.98. The number of aliphatic hydroxyl groups is 1. The van der Waals surface area contributed by atoms with Gasteiger partial charge in [0, 0.05) is 12.2 Å². The lowest BCUT2D eigenvalue weighted by atomic mass is 9.96. The van der Waals surface area contributed by atoms with Gasteiger partial charge < -0.3 is 15.7 Å². The molecule has 5 nitrogen and oxygen atoms in total. The average molecular weight is 310 g/mol. The van der Waals surface area contributed by atoms with Gasteiger partial charge in [-0.05, 0) is 30.5 Å². The van der Waals surface area contributed by atoms with Crippen LogP contribution >= 0.6 is 0 Å². The molecule has 0 bridgehead atoms. The highest BCUT2D eigenvalue weighted by Gasteiger charge is 2.19. The zero-order chi connectivity index (χ0) is 16.7. The van der Waals surface area contributed by atoms with Gasteiger partial charge in [0.2, 0.25) is 0 Å². The standard InChI is InChI=1S/C16H23FN2O3/c1-4-11(5-2)14(20)9-18-15(21)16(22)19-13-8-12(17)7-6-10(13)3/h6-8,11,14,20H,4-5,9H2,1-3H3,(H,18,21)(H,19,22). The summed E-state index contributed by atoms with van der Waals surface area (Å²) >= 11 is 0. The maximum Gasteiger partial charge on any atom is 0.313 e. The predicted molar refractivity (Wildman–Crippen MR) is 82.9 cm³/mol. The number of benzene rings is 1. The van der Waals surface area contributed by atoms with E-state index in [0.717, 1.165) is 18.9 Å². The van der Waals surface area contributed by atoms with Crippen molar-refractivity contribution >= 4 is 17.5 Å². The minimum absolute atomic E-state index is 0.0146. The van der Waals surface area contributed by atoms with E-state index in [4.69, 9.17) is 0 Å². The van der Waals surface area contributed by atoms with E-state index in [1.54, 1.807) is 6.92 Å². The molecule has 0 fully saturated rings. The Morgan fingerprint density at radius 1 is 1.23 bits per heavy atom. The van der Waals surface area contributed by atoms with E-state index in [1.807, 2.05) is 13.8 Å². The lowest BCUT2D eigenvalue weighted by Crippen LogP contribution is -2.41. The summed E-state index contributed by atoms with van der Waals surface area (Å²) in [5, 5.41) is 14.7. The summed E-state index contributed by atoms with van der Waals surface area (Å²) in [5.41, 5.74) is 0.903. The van der Waals surface area contributed by atoms with Crippen molar-refractivity contribution in [2.24, 2.45) is 5.92 Å². The summed E-state index contributed by atoms with van der Waals surface area (Å²) in [4.78, 5) is 23.5. The van der Waals surface area contributed by atoms with Gasteiger partial charge in [-0.3, -0.25) is 9.59 Å². The molecule has 0 aromatic heterocycles. The maximum atomic E-state index is 13.1. The van der Waals surface area contributed by atoms with Crippen molar-refractivity contribution in [1.29, 1.82) is 0 Å². The highest BCUT2D eigenvalue weighted by atomic mass is 19.1. The number of aliphatic hydroxyl groups excluding tert-OH is 1. The molecule has 122 valence electrons. The molecular formula is C16H23FN2O3. The number of anilines is 1. The Hall–Kier alpha value is -1.95. The molecule has 1 rings (SSSR count). The van der Waals surface area contributed by atoms with Crippen LogP contribution in [0.5, 0.6) is 0 Å². The molecule has 0 radical (unpaired) electrons. The van der Waals surface area contributed by atoms with Crippen LogP contribution in [0.15, 0.2) is 18.2 Å². The summed E-state index contributed by atoms with van der Waals surface area (Å²) in [6, 6.07) is 3.94. The van der Waals surface area contributed by atoms with Crippen LogP contribution < -0.4 is 10.6 Å². The zero-order valence-electron chi connectivity index (χ0n) is 13.1. The number of hydrogen-bond donors (Lipinski definition) is 3. The normalized spacial score (nSPS) is 12.1. The van der Waals surface area contributed by atoms with Crippen LogP contribution in [0, 0.1) is 18.7 Å². The third-order valence-electron chi connectivity index (χ3n) is 3.72. The first-order valence-corrected chi connectivity index (χ1v) is 7.42. The van der Waals surface area contributed by atoms with Crippen LogP contribution in [0.3, 0.4) is 0 Å². The van der Waals surface area contributed by atoms with Gasteiger partial charge in [-0.25, -0.2) is 4.39 Å². The summed E-state index contributed by atoms with van der Waals surface area (Å²) in [5.74, 6) is -2.15. The van der Waals surface area contributed by atoms with E-state index in [1.165, 1.54) is 12.1 Å². The molecule has 0 saturated carbocycles. The number of rotatable bonds is 6. The molecule has 1 unspecified atom stereocenters. The second kappa shape index (κ2) is 8.48. The van der Waals surface area contributed by atoms with Gasteiger partial charge in [0.15, 0.2) is 0 Å². The van der Waals surface area contributed by atoms with Crippen molar-refractivity contribution in [2.45, 2.75) is 39.7 Å². The SMILES string of the molecule is CCC(CC)C(O)CNC(=O)C(=O)Nc1cc(F)ccc1C. The van der Waals surface area contributed by atoms with Crippen LogP contribution in [0.1, 0.15) is 32.3 Å². The number of aryl methyl sites for hydroxylation is 1. The van der Waals surface area contributed by atoms with Gasteiger partial charge in [-0.1, -0.05) is 32.8 Å². The van der Waals surface area contributed by atoms with Gasteiger partial charge in [-0.15, -0.1) is 0 Å². The average Bonchev–Trinajstić information content (AvgIpc) is 2.49. The fourth-order valence-electron chi connectivity index (χ4n) is 2.19. The third-order valence-corrected chi connectivity index (χ3v) is 3.72. The molecule has 0 aliphatic carbocycles. The molecule has 22 heavy (non-hydrogen) atoms. The fraction of sp³-hybridized carbons (Fsp3) is 0.500. The van der Waals surface area contributed by atoms with Crippen LogP contribution in [-0.2, 0) is 9.59 Å². The molecule has 1 atom stereocenters. The summed E-state index contributed by atoms with van der Waals surface area (Å²) in [7, 11) is 0. The van der Waals surface area contributed by atoms with Crippen LogP contribution in [0.4, 0.5) is 10.1 Å². The van der Waals surface area contributed by atoms with Crippen molar-refractivity contribution in [3.8, 4) is 0 Å². The lowest BCUT2D eigenvalue weighted by Gasteiger charge is -2.20. The first kappa shape index (κ1) is 18.1. The molecule has 6 heteroatoms. The van der Waals surface area contributed by atoms with Gasteiger partial charge in [0.05, 0.1) is 6.10 Å². The van der Waals surface area contributed by atoms with Crippen LogP contribution in [-0.4, -0.2) is 29.6 Å². The van der Waals surface area contributed by atoms with E-state index >= 15 is 0 Å². The summed E-state index contributed by atoms with van der Waals surface area (Å²) in [6.07, 6.45) is 0.896. The van der Waals surface area contributed by atoms with E-state index < -0.39 is 23.7 Å². The van der Waals surface area contributed by atoms with Crippen molar-refractivity contribution in [3.63, 3.8) is 0 Å². The molecule has 0 spiro atoms. The Morgan fingerprint density at radius 2 is 1.86 bits per heavy atom. The Balaban J connectivity index is 2.55. The lowest BCUT2D eigenvalue weighted by molar-refractivity contribution is -0.136. The van der Waals surface area contributed by atoms with Crippen LogP contribution in [0.2, 0.25) is 0 Å².